The molecule has 7 heteroatoms. The van der Waals surface area contributed by atoms with E-state index in [4.69, 9.17) is 5.11 Å². The average molecular weight is 376 g/mol. The SMILES string of the molecule is CC(C)(C)NS(=O)(=O)c1ccccc1CNCc1ccc(C(=O)O)cc1. The minimum Gasteiger partial charge on any atom is -0.478 e. The number of sulfonamides is 1. The van der Waals surface area contributed by atoms with E-state index in [2.05, 4.69) is 10.0 Å². The van der Waals surface area contributed by atoms with Crippen LogP contribution in [0, 0.1) is 0 Å². The highest BCUT2D eigenvalue weighted by Gasteiger charge is 2.23. The van der Waals surface area contributed by atoms with Crippen molar-refractivity contribution in [2.24, 2.45) is 0 Å². The summed E-state index contributed by atoms with van der Waals surface area (Å²) in [7, 11) is -3.61. The van der Waals surface area contributed by atoms with Gasteiger partial charge in [0.05, 0.1) is 10.5 Å². The molecule has 0 aliphatic rings. The minimum absolute atomic E-state index is 0.235. The van der Waals surface area contributed by atoms with Gasteiger partial charge < -0.3 is 10.4 Å². The monoisotopic (exact) mass is 376 g/mol. The third-order valence-electron chi connectivity index (χ3n) is 3.55. The maximum Gasteiger partial charge on any atom is 0.335 e. The van der Waals surface area contributed by atoms with Crippen molar-refractivity contribution >= 4 is 16.0 Å². The van der Waals surface area contributed by atoms with Gasteiger partial charge in [0.1, 0.15) is 0 Å². The molecule has 0 atom stereocenters. The van der Waals surface area contributed by atoms with Crippen LogP contribution in [-0.2, 0) is 23.1 Å². The Balaban J connectivity index is 2.08. The van der Waals surface area contributed by atoms with E-state index >= 15 is 0 Å². The van der Waals surface area contributed by atoms with E-state index in [9.17, 15) is 13.2 Å². The summed E-state index contributed by atoms with van der Waals surface area (Å²) in [4.78, 5) is 11.1. The number of carboxylic acids is 1. The van der Waals surface area contributed by atoms with Crippen molar-refractivity contribution in [2.45, 2.75) is 44.3 Å². The number of benzene rings is 2. The molecule has 0 aliphatic heterocycles. The zero-order chi connectivity index (χ0) is 19.4. The van der Waals surface area contributed by atoms with Gasteiger partial charge in [0.25, 0.3) is 0 Å². The number of hydrogen-bond acceptors (Lipinski definition) is 4. The molecule has 0 unspecified atom stereocenters. The first-order chi connectivity index (χ1) is 12.1. The highest BCUT2D eigenvalue weighted by molar-refractivity contribution is 7.89. The maximum absolute atomic E-state index is 12.6. The average Bonchev–Trinajstić information content (AvgIpc) is 2.53. The minimum atomic E-state index is -3.61. The molecule has 3 N–H and O–H groups in total. The van der Waals surface area contributed by atoms with E-state index < -0.39 is 21.5 Å². The van der Waals surface area contributed by atoms with E-state index in [1.54, 1.807) is 69.3 Å². The Kier molecular flexibility index (Phi) is 6.17. The summed E-state index contributed by atoms with van der Waals surface area (Å²) < 4.78 is 27.9. The van der Waals surface area contributed by atoms with Gasteiger partial charge in [-0.3, -0.25) is 0 Å². The molecule has 26 heavy (non-hydrogen) atoms. The van der Waals surface area contributed by atoms with Crippen molar-refractivity contribution < 1.29 is 18.3 Å². The summed E-state index contributed by atoms with van der Waals surface area (Å²) in [6.07, 6.45) is 0. The van der Waals surface area contributed by atoms with Gasteiger partial charge in [-0.15, -0.1) is 0 Å². The zero-order valence-electron chi connectivity index (χ0n) is 15.1. The van der Waals surface area contributed by atoms with Crippen molar-refractivity contribution in [3.63, 3.8) is 0 Å². The first-order valence-electron chi connectivity index (χ1n) is 8.23. The fourth-order valence-corrected chi connectivity index (χ4v) is 4.14. The summed E-state index contributed by atoms with van der Waals surface area (Å²) >= 11 is 0. The summed E-state index contributed by atoms with van der Waals surface area (Å²) in [5, 5.41) is 12.1. The predicted octanol–water partition coefficient (Wildman–Crippen LogP) is 2.75. The van der Waals surface area contributed by atoms with Crippen LogP contribution in [0.15, 0.2) is 53.4 Å². The molecule has 0 bridgehead atoms. The lowest BCUT2D eigenvalue weighted by Gasteiger charge is -2.21. The molecule has 0 spiro atoms. The highest BCUT2D eigenvalue weighted by Crippen LogP contribution is 2.18. The molecule has 0 fully saturated rings. The quantitative estimate of drug-likeness (QED) is 0.691. The van der Waals surface area contributed by atoms with Crippen molar-refractivity contribution in [2.75, 3.05) is 0 Å². The van der Waals surface area contributed by atoms with E-state index in [0.29, 0.717) is 18.7 Å². The second-order valence-corrected chi connectivity index (χ2v) is 8.72. The molecule has 0 radical (unpaired) electrons. The number of nitrogens with one attached hydrogen (secondary N) is 2. The molecule has 0 saturated heterocycles. The molecule has 0 heterocycles. The molecule has 0 amide bonds. The Morgan fingerprint density at radius 1 is 1.00 bits per heavy atom. The standard InChI is InChI=1S/C19H24N2O4S/c1-19(2,3)21-26(24,25)17-7-5-4-6-16(17)13-20-12-14-8-10-15(11-9-14)18(22)23/h4-11,20-21H,12-13H2,1-3H3,(H,22,23). The first kappa shape index (κ1) is 20.1. The molecular formula is C19H24N2O4S. The lowest BCUT2D eigenvalue weighted by molar-refractivity contribution is 0.0697. The van der Waals surface area contributed by atoms with E-state index in [1.165, 1.54) is 0 Å². The van der Waals surface area contributed by atoms with Gasteiger partial charge in [0.2, 0.25) is 10.0 Å². The zero-order valence-corrected chi connectivity index (χ0v) is 15.9. The maximum atomic E-state index is 12.6. The molecule has 2 aromatic rings. The first-order valence-corrected chi connectivity index (χ1v) is 9.72. The highest BCUT2D eigenvalue weighted by atomic mass is 32.2. The van der Waals surface area contributed by atoms with E-state index in [-0.39, 0.29) is 10.5 Å². The number of hydrogen-bond donors (Lipinski definition) is 3. The fraction of sp³-hybridized carbons (Fsp3) is 0.316. The summed E-state index contributed by atoms with van der Waals surface area (Å²) in [6.45, 7) is 6.27. The van der Waals surface area contributed by atoms with E-state index in [1.807, 2.05) is 0 Å². The Morgan fingerprint density at radius 2 is 1.62 bits per heavy atom. The van der Waals surface area contributed by atoms with Crippen molar-refractivity contribution in [3.8, 4) is 0 Å². The fourth-order valence-electron chi connectivity index (χ4n) is 2.48. The molecule has 2 aromatic carbocycles. The van der Waals surface area contributed by atoms with Gasteiger partial charge in [0.15, 0.2) is 0 Å². The molecule has 6 nitrogen and oxygen atoms in total. The molecular weight excluding hydrogens is 352 g/mol. The van der Waals surface area contributed by atoms with Crippen LogP contribution in [0.4, 0.5) is 0 Å². The molecule has 2 rings (SSSR count). The summed E-state index contributed by atoms with van der Waals surface area (Å²) in [5.74, 6) is -0.963. The second kappa shape index (κ2) is 7.99. The van der Waals surface area contributed by atoms with Gasteiger partial charge >= 0.3 is 5.97 Å². The van der Waals surface area contributed by atoms with Crippen LogP contribution in [-0.4, -0.2) is 25.0 Å². The van der Waals surface area contributed by atoms with Crippen LogP contribution < -0.4 is 10.0 Å². The Labute approximate surface area is 154 Å². The number of aromatic carboxylic acids is 1. The second-order valence-electron chi connectivity index (χ2n) is 7.07. The van der Waals surface area contributed by atoms with Crippen LogP contribution in [0.2, 0.25) is 0 Å². The predicted molar refractivity (Wildman–Crippen MR) is 100 cm³/mol. The molecule has 0 aromatic heterocycles. The number of rotatable bonds is 7. The van der Waals surface area contributed by atoms with Crippen LogP contribution in [0.1, 0.15) is 42.3 Å². The molecule has 140 valence electrons. The normalized spacial score (nSPS) is 12.1. The van der Waals surface area contributed by atoms with Crippen LogP contribution in [0.25, 0.3) is 0 Å². The van der Waals surface area contributed by atoms with Gasteiger partial charge in [-0.2, -0.15) is 0 Å². The van der Waals surface area contributed by atoms with Gasteiger partial charge in [0, 0.05) is 18.6 Å². The number of carbonyl (C=O) groups is 1. The van der Waals surface area contributed by atoms with Gasteiger partial charge in [-0.1, -0.05) is 30.3 Å². The smallest absolute Gasteiger partial charge is 0.335 e. The van der Waals surface area contributed by atoms with Gasteiger partial charge in [-0.25, -0.2) is 17.9 Å². The number of carboxylic acid groups (broad SMARTS) is 1. The third-order valence-corrected chi connectivity index (χ3v) is 5.41. The Bertz CT molecular complexity index is 869. The largest absolute Gasteiger partial charge is 0.478 e. The summed E-state index contributed by atoms with van der Waals surface area (Å²) in [6, 6.07) is 13.4. The van der Waals surface area contributed by atoms with E-state index in [0.717, 1.165) is 5.56 Å². The van der Waals surface area contributed by atoms with Crippen LogP contribution in [0.5, 0.6) is 0 Å². The molecule has 0 aliphatic carbocycles. The van der Waals surface area contributed by atoms with Crippen LogP contribution in [0.3, 0.4) is 0 Å². The molecule has 0 saturated carbocycles. The van der Waals surface area contributed by atoms with Crippen molar-refractivity contribution in [1.82, 2.24) is 10.0 Å². The lowest BCUT2D eigenvalue weighted by atomic mass is 10.1. The van der Waals surface area contributed by atoms with Crippen molar-refractivity contribution in [1.29, 1.82) is 0 Å². The Morgan fingerprint density at radius 3 is 2.19 bits per heavy atom. The Hall–Kier alpha value is -2.22. The lowest BCUT2D eigenvalue weighted by Crippen LogP contribution is -2.40. The third kappa shape index (κ3) is 5.66. The summed E-state index contributed by atoms with van der Waals surface area (Å²) in [5.41, 5.74) is 1.26. The van der Waals surface area contributed by atoms with Gasteiger partial charge in [-0.05, 0) is 50.1 Å². The van der Waals surface area contributed by atoms with Crippen LogP contribution >= 0.6 is 0 Å². The topological polar surface area (TPSA) is 95.5 Å². The van der Waals surface area contributed by atoms with Crippen molar-refractivity contribution in [3.05, 3.63) is 65.2 Å².